The largest absolute Gasteiger partial charge is 0.385 e. The van der Waals surface area contributed by atoms with Crippen LogP contribution in [0.4, 0.5) is 0 Å². The number of aryl methyl sites for hydroxylation is 2. The van der Waals surface area contributed by atoms with Crippen LogP contribution in [0, 0.1) is 0 Å². The first-order valence-electron chi connectivity index (χ1n) is 5.96. The molecule has 0 bridgehead atoms. The Bertz CT molecular complexity index is 286. The summed E-state index contributed by atoms with van der Waals surface area (Å²) < 4.78 is 6.97. The number of hydrogen-bond donors (Lipinski definition) is 1. The van der Waals surface area contributed by atoms with Crippen molar-refractivity contribution in [1.29, 1.82) is 0 Å². The molecular weight excluding hydrogens is 202 g/mol. The summed E-state index contributed by atoms with van der Waals surface area (Å²) in [5.41, 5.74) is 1.31. The summed E-state index contributed by atoms with van der Waals surface area (Å²) in [5, 5.41) is 7.66. The van der Waals surface area contributed by atoms with Gasteiger partial charge in [0.05, 0.1) is 6.20 Å². The number of ether oxygens (including phenoxy) is 1. The van der Waals surface area contributed by atoms with Crippen LogP contribution in [0.3, 0.4) is 0 Å². The van der Waals surface area contributed by atoms with Gasteiger partial charge in [-0.2, -0.15) is 5.10 Å². The van der Waals surface area contributed by atoms with Crippen molar-refractivity contribution < 1.29 is 4.74 Å². The van der Waals surface area contributed by atoms with Gasteiger partial charge in [0, 0.05) is 33.0 Å². The Hall–Kier alpha value is -0.870. The number of nitrogens with zero attached hydrogens (tertiary/aromatic N) is 2. The van der Waals surface area contributed by atoms with E-state index in [1.54, 1.807) is 7.11 Å². The minimum atomic E-state index is 0.546. The van der Waals surface area contributed by atoms with Crippen LogP contribution in [0.1, 0.15) is 25.3 Å². The second-order valence-electron chi connectivity index (χ2n) is 4.10. The quantitative estimate of drug-likeness (QED) is 0.726. The van der Waals surface area contributed by atoms with E-state index in [-0.39, 0.29) is 0 Å². The molecule has 0 saturated carbocycles. The molecule has 4 heteroatoms. The van der Waals surface area contributed by atoms with Crippen LogP contribution in [-0.2, 0) is 18.2 Å². The SMILES string of the molecule is CCNC(CCOC)CCc1cnn(C)c1. The van der Waals surface area contributed by atoms with Gasteiger partial charge in [0.15, 0.2) is 0 Å². The first-order valence-corrected chi connectivity index (χ1v) is 5.96. The van der Waals surface area contributed by atoms with E-state index in [9.17, 15) is 0 Å². The normalized spacial score (nSPS) is 12.9. The first kappa shape index (κ1) is 13.2. The van der Waals surface area contributed by atoms with Crippen LogP contribution in [0.15, 0.2) is 12.4 Å². The van der Waals surface area contributed by atoms with Crippen molar-refractivity contribution in [2.45, 2.75) is 32.2 Å². The van der Waals surface area contributed by atoms with Crippen LogP contribution in [0.25, 0.3) is 0 Å². The van der Waals surface area contributed by atoms with E-state index in [0.717, 1.165) is 32.4 Å². The van der Waals surface area contributed by atoms with E-state index < -0.39 is 0 Å². The molecule has 1 atom stereocenters. The van der Waals surface area contributed by atoms with Crippen molar-refractivity contribution in [3.05, 3.63) is 18.0 Å². The highest BCUT2D eigenvalue weighted by Gasteiger charge is 2.07. The molecule has 1 N–H and O–H groups in total. The Balaban J connectivity index is 2.30. The van der Waals surface area contributed by atoms with Crippen LogP contribution < -0.4 is 5.32 Å². The molecule has 0 aliphatic carbocycles. The lowest BCUT2D eigenvalue weighted by molar-refractivity contribution is 0.181. The Labute approximate surface area is 98.0 Å². The number of nitrogens with one attached hydrogen (secondary N) is 1. The summed E-state index contributed by atoms with van der Waals surface area (Å²) in [4.78, 5) is 0. The van der Waals surface area contributed by atoms with Gasteiger partial charge in [-0.05, 0) is 31.4 Å². The van der Waals surface area contributed by atoms with Gasteiger partial charge in [-0.25, -0.2) is 0 Å². The minimum Gasteiger partial charge on any atom is -0.385 e. The van der Waals surface area contributed by atoms with E-state index in [1.165, 1.54) is 5.56 Å². The van der Waals surface area contributed by atoms with Gasteiger partial charge in [-0.1, -0.05) is 6.92 Å². The maximum Gasteiger partial charge on any atom is 0.0521 e. The zero-order valence-corrected chi connectivity index (χ0v) is 10.6. The lowest BCUT2D eigenvalue weighted by Gasteiger charge is -2.16. The molecule has 0 aliphatic rings. The zero-order chi connectivity index (χ0) is 11.8. The number of rotatable bonds is 8. The van der Waals surface area contributed by atoms with Crippen molar-refractivity contribution in [2.75, 3.05) is 20.3 Å². The van der Waals surface area contributed by atoms with E-state index >= 15 is 0 Å². The molecule has 0 saturated heterocycles. The molecule has 1 unspecified atom stereocenters. The van der Waals surface area contributed by atoms with Crippen molar-refractivity contribution in [3.8, 4) is 0 Å². The molecule has 0 spiro atoms. The van der Waals surface area contributed by atoms with Crippen molar-refractivity contribution >= 4 is 0 Å². The molecule has 0 radical (unpaired) electrons. The summed E-state index contributed by atoms with van der Waals surface area (Å²) in [6, 6.07) is 0.546. The monoisotopic (exact) mass is 225 g/mol. The Morgan fingerprint density at radius 3 is 2.88 bits per heavy atom. The predicted octanol–water partition coefficient (Wildman–Crippen LogP) is 1.37. The zero-order valence-electron chi connectivity index (χ0n) is 10.6. The number of aromatic nitrogens is 2. The third-order valence-corrected chi connectivity index (χ3v) is 2.70. The average Bonchev–Trinajstić information content (AvgIpc) is 2.68. The van der Waals surface area contributed by atoms with Crippen molar-refractivity contribution in [3.63, 3.8) is 0 Å². The molecular formula is C12H23N3O. The number of hydrogen-bond acceptors (Lipinski definition) is 3. The average molecular weight is 225 g/mol. The third kappa shape index (κ3) is 4.77. The minimum absolute atomic E-state index is 0.546. The molecule has 0 aliphatic heterocycles. The van der Waals surface area contributed by atoms with Gasteiger partial charge in [0.1, 0.15) is 0 Å². The predicted molar refractivity (Wildman–Crippen MR) is 65.5 cm³/mol. The summed E-state index contributed by atoms with van der Waals surface area (Å²) in [5.74, 6) is 0. The fraction of sp³-hybridized carbons (Fsp3) is 0.750. The second kappa shape index (κ2) is 7.41. The van der Waals surface area contributed by atoms with Gasteiger partial charge in [0.25, 0.3) is 0 Å². The molecule has 1 heterocycles. The molecule has 16 heavy (non-hydrogen) atoms. The molecule has 92 valence electrons. The van der Waals surface area contributed by atoms with E-state index in [2.05, 4.69) is 23.5 Å². The summed E-state index contributed by atoms with van der Waals surface area (Å²) in [6.45, 7) is 3.98. The van der Waals surface area contributed by atoms with Crippen molar-refractivity contribution in [2.24, 2.45) is 7.05 Å². The molecule has 4 nitrogen and oxygen atoms in total. The molecule has 1 rings (SSSR count). The van der Waals surface area contributed by atoms with Gasteiger partial charge < -0.3 is 10.1 Å². The van der Waals surface area contributed by atoms with Gasteiger partial charge in [-0.3, -0.25) is 4.68 Å². The lowest BCUT2D eigenvalue weighted by atomic mass is 10.1. The maximum absolute atomic E-state index is 5.12. The van der Waals surface area contributed by atoms with E-state index in [0.29, 0.717) is 6.04 Å². The fourth-order valence-corrected chi connectivity index (χ4v) is 1.84. The molecule has 1 aromatic rings. The highest BCUT2D eigenvalue weighted by molar-refractivity contribution is 5.03. The van der Waals surface area contributed by atoms with Gasteiger partial charge in [-0.15, -0.1) is 0 Å². The first-order chi connectivity index (χ1) is 7.76. The second-order valence-corrected chi connectivity index (χ2v) is 4.10. The molecule has 1 aromatic heterocycles. The molecule has 0 amide bonds. The van der Waals surface area contributed by atoms with E-state index in [4.69, 9.17) is 4.74 Å². The van der Waals surface area contributed by atoms with E-state index in [1.807, 2.05) is 17.9 Å². The van der Waals surface area contributed by atoms with Crippen LogP contribution in [-0.4, -0.2) is 36.1 Å². The summed E-state index contributed by atoms with van der Waals surface area (Å²) >= 11 is 0. The van der Waals surface area contributed by atoms with Crippen molar-refractivity contribution in [1.82, 2.24) is 15.1 Å². The van der Waals surface area contributed by atoms with Gasteiger partial charge >= 0.3 is 0 Å². The smallest absolute Gasteiger partial charge is 0.0521 e. The van der Waals surface area contributed by atoms with Crippen LogP contribution in [0.2, 0.25) is 0 Å². The Morgan fingerprint density at radius 1 is 1.50 bits per heavy atom. The Kier molecular flexibility index (Phi) is 6.11. The molecule has 0 aromatic carbocycles. The standard InChI is InChI=1S/C12H23N3O/c1-4-13-12(7-8-16-3)6-5-11-9-14-15(2)10-11/h9-10,12-13H,4-8H2,1-3H3. The molecule has 0 fully saturated rings. The van der Waals surface area contributed by atoms with Crippen LogP contribution >= 0.6 is 0 Å². The summed E-state index contributed by atoms with van der Waals surface area (Å²) in [6.07, 6.45) is 7.32. The Morgan fingerprint density at radius 2 is 2.31 bits per heavy atom. The lowest BCUT2D eigenvalue weighted by Crippen LogP contribution is -2.30. The topological polar surface area (TPSA) is 39.1 Å². The highest BCUT2D eigenvalue weighted by atomic mass is 16.5. The summed E-state index contributed by atoms with van der Waals surface area (Å²) in [7, 11) is 3.71. The number of methoxy groups -OCH3 is 1. The highest BCUT2D eigenvalue weighted by Crippen LogP contribution is 2.06. The fourth-order valence-electron chi connectivity index (χ4n) is 1.84. The van der Waals surface area contributed by atoms with Crippen LogP contribution in [0.5, 0.6) is 0 Å². The third-order valence-electron chi connectivity index (χ3n) is 2.70. The maximum atomic E-state index is 5.12. The van der Waals surface area contributed by atoms with Gasteiger partial charge in [0.2, 0.25) is 0 Å².